The van der Waals surface area contributed by atoms with Gasteiger partial charge < -0.3 is 15.4 Å². The van der Waals surface area contributed by atoms with Crippen molar-refractivity contribution in [2.24, 2.45) is 5.73 Å². The Balaban J connectivity index is 1.13. The van der Waals surface area contributed by atoms with Gasteiger partial charge in [-0.25, -0.2) is 4.79 Å². The molecule has 2 aromatic carbocycles. The third-order valence-corrected chi connectivity index (χ3v) is 7.62. The number of urea groups is 1. The van der Waals surface area contributed by atoms with E-state index in [2.05, 4.69) is 51.5 Å². The Bertz CT molecular complexity index is 1100. The summed E-state index contributed by atoms with van der Waals surface area (Å²) in [5, 5.41) is 4.95. The van der Waals surface area contributed by atoms with E-state index in [-0.39, 0.29) is 0 Å². The predicted molar refractivity (Wildman–Crippen MR) is 132 cm³/mol. The fraction of sp³-hybridized carbons (Fsp3) is 0.400. The number of nitrogens with two attached hydrogens (primary N) is 1. The van der Waals surface area contributed by atoms with Crippen molar-refractivity contribution in [2.45, 2.75) is 25.7 Å². The van der Waals surface area contributed by atoms with E-state index in [9.17, 15) is 4.79 Å². The lowest BCUT2D eigenvalue weighted by Crippen LogP contribution is -2.46. The summed E-state index contributed by atoms with van der Waals surface area (Å²) in [6.07, 6.45) is 4.21. The second kappa shape index (κ2) is 9.38. The molecular weight excluding hydrogens is 420 g/mol. The van der Waals surface area contributed by atoms with E-state index in [1.165, 1.54) is 26.9 Å². The molecule has 3 aromatic rings. The first kappa shape index (κ1) is 21.1. The number of nitrogens with one attached hydrogen (secondary N) is 1. The molecule has 6 nitrogen and oxygen atoms in total. The van der Waals surface area contributed by atoms with Crippen LogP contribution in [0.4, 0.5) is 15.5 Å². The van der Waals surface area contributed by atoms with Gasteiger partial charge in [0.25, 0.3) is 0 Å². The summed E-state index contributed by atoms with van der Waals surface area (Å²) < 4.78 is 7.09. The molecule has 2 aliphatic heterocycles. The Kier molecular flexibility index (Phi) is 6.19. The van der Waals surface area contributed by atoms with Gasteiger partial charge in [0.15, 0.2) is 0 Å². The van der Waals surface area contributed by atoms with Gasteiger partial charge in [0, 0.05) is 37.3 Å². The van der Waals surface area contributed by atoms with Crippen LogP contribution in [0.5, 0.6) is 5.75 Å². The smallest absolute Gasteiger partial charge is 0.317 e. The first-order valence-corrected chi connectivity index (χ1v) is 12.3. The highest BCUT2D eigenvalue weighted by Gasteiger charge is 2.23. The molecular formula is C25H30N4O2S. The van der Waals surface area contributed by atoms with Gasteiger partial charge in [-0.3, -0.25) is 10.2 Å². The van der Waals surface area contributed by atoms with Gasteiger partial charge in [-0.05, 0) is 54.5 Å². The van der Waals surface area contributed by atoms with Gasteiger partial charge in [0.05, 0.1) is 12.3 Å². The van der Waals surface area contributed by atoms with E-state index in [0.717, 1.165) is 75.8 Å². The van der Waals surface area contributed by atoms with Crippen LogP contribution in [0.1, 0.15) is 24.0 Å². The van der Waals surface area contributed by atoms with Crippen LogP contribution < -0.4 is 20.7 Å². The summed E-state index contributed by atoms with van der Waals surface area (Å²) in [6, 6.07) is 14.4. The lowest BCUT2D eigenvalue weighted by molar-refractivity contribution is 0.252. The number of carbonyl (C=O) groups is 1. The number of benzene rings is 2. The highest BCUT2D eigenvalue weighted by Crippen LogP contribution is 2.37. The number of aryl methyl sites for hydroxylation is 1. The van der Waals surface area contributed by atoms with Gasteiger partial charge >= 0.3 is 6.03 Å². The topological polar surface area (TPSA) is 70.8 Å². The molecule has 32 heavy (non-hydrogen) atoms. The summed E-state index contributed by atoms with van der Waals surface area (Å²) in [4.78, 5) is 16.5. The van der Waals surface area contributed by atoms with Gasteiger partial charge in [-0.1, -0.05) is 30.3 Å². The Morgan fingerprint density at radius 3 is 2.75 bits per heavy atom. The number of amides is 2. The molecule has 2 aliphatic rings. The lowest BCUT2D eigenvalue weighted by Gasteiger charge is -2.36. The average Bonchev–Trinajstić information content (AvgIpc) is 3.41. The van der Waals surface area contributed by atoms with E-state index in [4.69, 9.17) is 10.5 Å². The highest BCUT2D eigenvalue weighted by molar-refractivity contribution is 7.23. The lowest BCUT2D eigenvalue weighted by atomic mass is 10.1. The molecule has 5 rings (SSSR count). The Morgan fingerprint density at radius 2 is 1.91 bits per heavy atom. The fourth-order valence-electron chi connectivity index (χ4n) is 4.86. The zero-order chi connectivity index (χ0) is 21.9. The van der Waals surface area contributed by atoms with Crippen LogP contribution in [0.15, 0.2) is 42.5 Å². The van der Waals surface area contributed by atoms with Gasteiger partial charge in [0.2, 0.25) is 0 Å². The number of thiophene rings is 1. The van der Waals surface area contributed by atoms with Crippen molar-refractivity contribution < 1.29 is 9.53 Å². The largest absolute Gasteiger partial charge is 0.491 e. The van der Waals surface area contributed by atoms with Crippen LogP contribution in [-0.4, -0.2) is 50.3 Å². The van der Waals surface area contributed by atoms with Crippen LogP contribution in [0.2, 0.25) is 0 Å². The van der Waals surface area contributed by atoms with Crippen molar-refractivity contribution in [1.29, 1.82) is 0 Å². The van der Waals surface area contributed by atoms with Crippen molar-refractivity contribution in [3.63, 3.8) is 0 Å². The van der Waals surface area contributed by atoms with E-state index >= 15 is 0 Å². The molecule has 0 radical (unpaired) electrons. The van der Waals surface area contributed by atoms with Crippen molar-refractivity contribution >= 4 is 38.1 Å². The molecule has 0 spiro atoms. The van der Waals surface area contributed by atoms with Gasteiger partial charge in [-0.15, -0.1) is 11.3 Å². The standard InChI is InChI=1S/C25H30N4O2S/c26-25(30)27-24-20(19-7-1-2-10-22(19)32-24)8-3-4-12-28-13-15-29(16-14-28)21-9-5-6-18-11-17-31-23(18)21/h1-2,5-7,9-10H,3-4,8,11-17H2,(H3,26,27,30). The predicted octanol–water partition coefficient (Wildman–Crippen LogP) is 4.47. The quantitative estimate of drug-likeness (QED) is 0.521. The Morgan fingerprint density at radius 1 is 1.06 bits per heavy atom. The number of hydrogen-bond acceptors (Lipinski definition) is 5. The number of ether oxygens (including phenoxy) is 1. The van der Waals surface area contributed by atoms with Crippen molar-refractivity contribution in [2.75, 3.05) is 49.5 Å². The molecule has 2 amide bonds. The first-order chi connectivity index (χ1) is 15.7. The van der Waals surface area contributed by atoms with Crippen molar-refractivity contribution in [3.8, 4) is 5.75 Å². The van der Waals surface area contributed by atoms with Crippen molar-refractivity contribution in [3.05, 3.63) is 53.6 Å². The highest BCUT2D eigenvalue weighted by atomic mass is 32.1. The maximum absolute atomic E-state index is 11.4. The van der Waals surface area contributed by atoms with E-state index in [0.29, 0.717) is 0 Å². The molecule has 0 bridgehead atoms. The minimum atomic E-state index is -0.495. The molecule has 0 aliphatic carbocycles. The number of nitrogens with zero attached hydrogens (tertiary/aromatic N) is 2. The molecule has 1 fully saturated rings. The third kappa shape index (κ3) is 4.40. The summed E-state index contributed by atoms with van der Waals surface area (Å²) in [5.41, 5.74) is 9.21. The minimum absolute atomic E-state index is 0.495. The molecule has 0 saturated carbocycles. The number of piperazine rings is 1. The zero-order valence-corrected chi connectivity index (χ0v) is 19.1. The van der Waals surface area contributed by atoms with Gasteiger partial charge in [-0.2, -0.15) is 0 Å². The molecule has 3 heterocycles. The zero-order valence-electron chi connectivity index (χ0n) is 18.3. The second-order valence-electron chi connectivity index (χ2n) is 8.54. The third-order valence-electron chi connectivity index (χ3n) is 6.49. The number of unbranched alkanes of at least 4 members (excludes halogenated alkanes) is 1. The number of anilines is 2. The number of para-hydroxylation sites is 1. The van der Waals surface area contributed by atoms with E-state index in [1.54, 1.807) is 11.3 Å². The summed E-state index contributed by atoms with van der Waals surface area (Å²) >= 11 is 1.61. The Labute approximate surface area is 192 Å². The van der Waals surface area contributed by atoms with E-state index < -0.39 is 6.03 Å². The van der Waals surface area contributed by atoms with Crippen molar-refractivity contribution in [1.82, 2.24) is 4.90 Å². The Hall–Kier alpha value is -2.77. The van der Waals surface area contributed by atoms with Crippen LogP contribution in [-0.2, 0) is 12.8 Å². The summed E-state index contributed by atoms with van der Waals surface area (Å²) in [7, 11) is 0. The normalized spacial score (nSPS) is 16.2. The monoisotopic (exact) mass is 450 g/mol. The molecule has 3 N–H and O–H groups in total. The van der Waals surface area contributed by atoms with E-state index in [1.807, 2.05) is 6.07 Å². The van der Waals surface area contributed by atoms with Crippen LogP contribution >= 0.6 is 11.3 Å². The molecule has 0 atom stereocenters. The van der Waals surface area contributed by atoms with Gasteiger partial charge in [0.1, 0.15) is 10.8 Å². The average molecular weight is 451 g/mol. The second-order valence-corrected chi connectivity index (χ2v) is 9.60. The number of primary amides is 1. The SMILES string of the molecule is NC(=O)Nc1sc2ccccc2c1CCCCN1CCN(c2cccc3c2OCC3)CC1. The van der Waals surface area contributed by atoms with Crippen LogP contribution in [0.3, 0.4) is 0 Å². The molecule has 0 unspecified atom stereocenters. The van der Waals surface area contributed by atoms with Crippen LogP contribution in [0.25, 0.3) is 10.1 Å². The number of hydrogen-bond donors (Lipinski definition) is 2. The fourth-order valence-corrected chi connectivity index (χ4v) is 6.01. The molecule has 7 heteroatoms. The first-order valence-electron chi connectivity index (χ1n) is 11.5. The van der Waals surface area contributed by atoms with Crippen LogP contribution in [0, 0.1) is 0 Å². The number of fused-ring (bicyclic) bond motifs is 2. The maximum atomic E-state index is 11.4. The minimum Gasteiger partial charge on any atom is -0.491 e. The maximum Gasteiger partial charge on any atom is 0.317 e. The summed E-state index contributed by atoms with van der Waals surface area (Å²) in [5.74, 6) is 1.10. The molecule has 1 aromatic heterocycles. The number of rotatable bonds is 7. The summed E-state index contributed by atoms with van der Waals surface area (Å²) in [6.45, 7) is 6.17. The number of carbonyl (C=O) groups excluding carboxylic acids is 1. The molecule has 168 valence electrons. The molecule has 1 saturated heterocycles.